The molecule has 1 aliphatic rings. The largest absolute Gasteiger partial charge is 0.456 e. The summed E-state index contributed by atoms with van der Waals surface area (Å²) in [4.78, 5) is 27.3. The van der Waals surface area contributed by atoms with E-state index in [0.717, 1.165) is 12.0 Å². The maximum absolute atomic E-state index is 12.5. The molecule has 2 aromatic rings. The van der Waals surface area contributed by atoms with Gasteiger partial charge in [-0.2, -0.15) is 0 Å². The van der Waals surface area contributed by atoms with Crippen molar-refractivity contribution in [1.29, 1.82) is 0 Å². The molecule has 1 fully saturated rings. The molecule has 23 heavy (non-hydrogen) atoms. The van der Waals surface area contributed by atoms with Gasteiger partial charge in [0.2, 0.25) is 0 Å². The highest BCUT2D eigenvalue weighted by atomic mass is 32.1. The van der Waals surface area contributed by atoms with E-state index >= 15 is 0 Å². The molecular formula is C18H19NO3S. The number of thiophene rings is 1. The van der Waals surface area contributed by atoms with Crippen LogP contribution in [0.2, 0.25) is 0 Å². The van der Waals surface area contributed by atoms with Crippen molar-refractivity contribution >= 4 is 23.2 Å². The van der Waals surface area contributed by atoms with E-state index in [-0.39, 0.29) is 18.0 Å². The Morgan fingerprint density at radius 3 is 2.70 bits per heavy atom. The number of carbonyl (C=O) groups excluding carboxylic acids is 2. The van der Waals surface area contributed by atoms with Crippen LogP contribution in [-0.2, 0) is 9.53 Å². The molecule has 2 unspecified atom stereocenters. The summed E-state index contributed by atoms with van der Waals surface area (Å²) in [6, 6.07) is 12.8. The standard InChI is InChI=1S/C18H19NO3S/c1-13(14-7-3-2-4-8-14)22-18(21)15-9-5-11-19(15)17(20)16-10-6-12-23-16/h2-4,6-8,10,12-13,15H,5,9,11H2,1H3. The summed E-state index contributed by atoms with van der Waals surface area (Å²) in [5.41, 5.74) is 0.954. The molecule has 4 nitrogen and oxygen atoms in total. The van der Waals surface area contributed by atoms with Crippen LogP contribution in [0.4, 0.5) is 0 Å². The highest BCUT2D eigenvalue weighted by molar-refractivity contribution is 7.12. The second kappa shape index (κ2) is 6.96. The number of nitrogens with zero attached hydrogens (tertiary/aromatic N) is 1. The van der Waals surface area contributed by atoms with Gasteiger partial charge in [0.1, 0.15) is 12.1 Å². The molecule has 0 N–H and O–H groups in total. The van der Waals surface area contributed by atoms with Crippen LogP contribution in [0.15, 0.2) is 47.8 Å². The van der Waals surface area contributed by atoms with E-state index in [1.54, 1.807) is 11.0 Å². The van der Waals surface area contributed by atoms with Crippen molar-refractivity contribution in [3.63, 3.8) is 0 Å². The number of rotatable bonds is 4. The Kier molecular flexibility index (Phi) is 4.76. The Hall–Kier alpha value is -2.14. The molecule has 1 aliphatic heterocycles. The third kappa shape index (κ3) is 3.45. The van der Waals surface area contributed by atoms with E-state index in [2.05, 4.69) is 0 Å². The third-order valence-electron chi connectivity index (χ3n) is 4.08. The first-order valence-corrected chi connectivity index (χ1v) is 8.64. The van der Waals surface area contributed by atoms with Crippen LogP contribution < -0.4 is 0 Å². The molecule has 0 radical (unpaired) electrons. The number of carbonyl (C=O) groups is 2. The van der Waals surface area contributed by atoms with Crippen LogP contribution in [0.1, 0.15) is 41.1 Å². The first-order chi connectivity index (χ1) is 11.2. The van der Waals surface area contributed by atoms with Gasteiger partial charge in [0.05, 0.1) is 4.88 Å². The minimum Gasteiger partial charge on any atom is -0.456 e. The topological polar surface area (TPSA) is 46.6 Å². The summed E-state index contributed by atoms with van der Waals surface area (Å²) in [7, 11) is 0. The maximum Gasteiger partial charge on any atom is 0.329 e. The number of benzene rings is 1. The van der Waals surface area contributed by atoms with Gasteiger partial charge in [-0.25, -0.2) is 4.79 Å². The van der Waals surface area contributed by atoms with Crippen LogP contribution in [0, 0.1) is 0 Å². The van der Waals surface area contributed by atoms with Crippen LogP contribution in [0.5, 0.6) is 0 Å². The first-order valence-electron chi connectivity index (χ1n) is 7.76. The van der Waals surface area contributed by atoms with E-state index in [9.17, 15) is 9.59 Å². The fourth-order valence-electron chi connectivity index (χ4n) is 2.84. The molecule has 1 saturated heterocycles. The molecule has 0 saturated carbocycles. The van der Waals surface area contributed by atoms with Crippen molar-refractivity contribution in [3.8, 4) is 0 Å². The lowest BCUT2D eigenvalue weighted by Crippen LogP contribution is -2.41. The molecular weight excluding hydrogens is 310 g/mol. The van der Waals surface area contributed by atoms with Crippen molar-refractivity contribution < 1.29 is 14.3 Å². The quantitative estimate of drug-likeness (QED) is 0.804. The van der Waals surface area contributed by atoms with E-state index in [4.69, 9.17) is 4.74 Å². The monoisotopic (exact) mass is 329 g/mol. The van der Waals surface area contributed by atoms with Gasteiger partial charge in [-0.05, 0) is 36.8 Å². The molecule has 1 aromatic carbocycles. The van der Waals surface area contributed by atoms with Crippen molar-refractivity contribution in [2.45, 2.75) is 31.9 Å². The number of esters is 1. The Bertz CT molecular complexity index is 669. The van der Waals surface area contributed by atoms with Crippen LogP contribution in [0.3, 0.4) is 0 Å². The van der Waals surface area contributed by atoms with E-state index < -0.39 is 6.04 Å². The molecule has 1 aromatic heterocycles. The van der Waals surface area contributed by atoms with E-state index in [1.807, 2.05) is 48.7 Å². The lowest BCUT2D eigenvalue weighted by atomic mass is 10.1. The van der Waals surface area contributed by atoms with Crippen LogP contribution >= 0.6 is 11.3 Å². The number of hydrogen-bond acceptors (Lipinski definition) is 4. The van der Waals surface area contributed by atoms with Crippen molar-refractivity contribution in [1.82, 2.24) is 4.90 Å². The lowest BCUT2D eigenvalue weighted by molar-refractivity contribution is -0.153. The van der Waals surface area contributed by atoms with Gasteiger partial charge < -0.3 is 9.64 Å². The second-order valence-electron chi connectivity index (χ2n) is 5.62. The predicted molar refractivity (Wildman–Crippen MR) is 89.3 cm³/mol. The van der Waals surface area contributed by atoms with E-state index in [0.29, 0.717) is 17.8 Å². The summed E-state index contributed by atoms with van der Waals surface area (Å²) in [5, 5.41) is 1.87. The molecule has 0 spiro atoms. The summed E-state index contributed by atoms with van der Waals surface area (Å²) >= 11 is 1.40. The van der Waals surface area contributed by atoms with Gasteiger partial charge in [0, 0.05) is 6.54 Å². The third-order valence-corrected chi connectivity index (χ3v) is 4.94. The average molecular weight is 329 g/mol. The molecule has 2 heterocycles. The number of likely N-dealkylation sites (tertiary alicyclic amines) is 1. The zero-order chi connectivity index (χ0) is 16.2. The molecule has 0 bridgehead atoms. The van der Waals surface area contributed by atoms with Gasteiger partial charge in [-0.3, -0.25) is 4.79 Å². The minimum atomic E-state index is -0.476. The van der Waals surface area contributed by atoms with Crippen LogP contribution in [-0.4, -0.2) is 29.4 Å². The Labute approximate surface area is 139 Å². The second-order valence-corrected chi connectivity index (χ2v) is 6.57. The summed E-state index contributed by atoms with van der Waals surface area (Å²) in [6.07, 6.45) is 1.18. The zero-order valence-electron chi connectivity index (χ0n) is 13.0. The number of ether oxygens (including phenoxy) is 1. The fourth-order valence-corrected chi connectivity index (χ4v) is 3.52. The summed E-state index contributed by atoms with van der Waals surface area (Å²) in [6.45, 7) is 2.46. The minimum absolute atomic E-state index is 0.0770. The summed E-state index contributed by atoms with van der Waals surface area (Å²) < 4.78 is 5.59. The zero-order valence-corrected chi connectivity index (χ0v) is 13.8. The molecule has 0 aliphatic carbocycles. The van der Waals surface area contributed by atoms with Crippen molar-refractivity contribution in [3.05, 3.63) is 58.3 Å². The average Bonchev–Trinajstić information content (AvgIpc) is 3.26. The van der Waals surface area contributed by atoms with Crippen molar-refractivity contribution in [2.24, 2.45) is 0 Å². The van der Waals surface area contributed by atoms with Crippen LogP contribution in [0.25, 0.3) is 0 Å². The molecule has 2 atom stereocenters. The molecule has 5 heteroatoms. The van der Waals surface area contributed by atoms with Gasteiger partial charge in [-0.15, -0.1) is 11.3 Å². The number of amides is 1. The Morgan fingerprint density at radius 2 is 2.00 bits per heavy atom. The van der Waals surface area contributed by atoms with E-state index in [1.165, 1.54) is 11.3 Å². The highest BCUT2D eigenvalue weighted by Gasteiger charge is 2.36. The van der Waals surface area contributed by atoms with Gasteiger partial charge in [0.25, 0.3) is 5.91 Å². The molecule has 3 rings (SSSR count). The van der Waals surface area contributed by atoms with Gasteiger partial charge in [0.15, 0.2) is 0 Å². The fraction of sp³-hybridized carbons (Fsp3) is 0.333. The maximum atomic E-state index is 12.5. The summed E-state index contributed by atoms with van der Waals surface area (Å²) in [5.74, 6) is -0.393. The Morgan fingerprint density at radius 1 is 1.22 bits per heavy atom. The molecule has 1 amide bonds. The number of hydrogen-bond donors (Lipinski definition) is 0. The van der Waals surface area contributed by atoms with Crippen molar-refractivity contribution in [2.75, 3.05) is 6.54 Å². The predicted octanol–water partition coefficient (Wildman–Crippen LogP) is 3.66. The van der Waals surface area contributed by atoms with Gasteiger partial charge >= 0.3 is 5.97 Å². The first kappa shape index (κ1) is 15.7. The highest BCUT2D eigenvalue weighted by Crippen LogP contribution is 2.25. The normalized spacial score (nSPS) is 18.7. The molecule has 120 valence electrons. The lowest BCUT2D eigenvalue weighted by Gasteiger charge is -2.24. The Balaban J connectivity index is 1.67. The SMILES string of the molecule is CC(OC(=O)C1CCCN1C(=O)c1cccs1)c1ccccc1. The van der Waals surface area contributed by atoms with Gasteiger partial charge in [-0.1, -0.05) is 36.4 Å². The smallest absolute Gasteiger partial charge is 0.329 e.